The molecule has 5 aromatic rings. The number of benzene rings is 3. The van der Waals surface area contributed by atoms with Crippen LogP contribution in [-0.4, -0.2) is 104 Å². The number of nitrogens with two attached hydrogens (primary N) is 1. The number of carbonyl (C=O) groups is 2. The van der Waals surface area contributed by atoms with E-state index in [2.05, 4.69) is 25.3 Å². The molecule has 6 atom stereocenters. The zero-order valence-corrected chi connectivity index (χ0v) is 38.4. The summed E-state index contributed by atoms with van der Waals surface area (Å²) >= 11 is 0. The molecule has 3 aromatic carbocycles. The van der Waals surface area contributed by atoms with Crippen molar-refractivity contribution < 1.29 is 59.8 Å². The number of alkyl carbamates (subject to hydrolysis) is 1. The predicted molar refractivity (Wildman–Crippen MR) is 236 cm³/mol. The van der Waals surface area contributed by atoms with Crippen LogP contribution in [0, 0.1) is 17.6 Å². The van der Waals surface area contributed by atoms with Crippen LogP contribution in [0.3, 0.4) is 0 Å². The number of halogens is 4. The Morgan fingerprint density at radius 3 is 2.24 bits per heavy atom. The molecule has 2 fully saturated rings. The van der Waals surface area contributed by atoms with Gasteiger partial charge in [-0.1, -0.05) is 13.0 Å². The molecule has 66 heavy (non-hydrogen) atoms. The van der Waals surface area contributed by atoms with Crippen LogP contribution in [-0.2, 0) is 26.4 Å². The molecule has 1 amide bonds. The van der Waals surface area contributed by atoms with Gasteiger partial charge < -0.3 is 57.7 Å². The van der Waals surface area contributed by atoms with Crippen molar-refractivity contribution in [2.45, 2.75) is 76.6 Å². The Labute approximate surface area is 392 Å². The average molecular weight is 962 g/mol. The maximum Gasteiger partial charge on any atom is 0.410 e. The van der Waals surface area contributed by atoms with Crippen LogP contribution < -0.4 is 48.3 Å². The van der Waals surface area contributed by atoms with Crippen molar-refractivity contribution >= 4 is 35.8 Å². The SMILES string of the molecule is CC[C@@H]([C@H](C)O)n1ncn(-c2ccc(N3CCN(c4ccc(OC[C@@H]5CO[C@@](Cn6c[n+](C(C)OC(=O)NCC[C@H](N)C(=O)O)cn6)(c6ccc(F)cc6F)C5)cc4)CC3)cc2)c1=O.Cl.[Cl-]. The Hall–Kier alpha value is -5.80. The molecule has 2 aliphatic rings. The van der Waals surface area contributed by atoms with Gasteiger partial charge in [0.1, 0.15) is 41.9 Å². The number of amides is 1. The van der Waals surface area contributed by atoms with Crippen LogP contribution in [0.2, 0.25) is 0 Å². The van der Waals surface area contributed by atoms with Crippen LogP contribution in [0.4, 0.5) is 25.0 Å². The highest BCUT2D eigenvalue weighted by atomic mass is 35.5. The highest BCUT2D eigenvalue weighted by Gasteiger charge is 2.46. The zero-order valence-electron chi connectivity index (χ0n) is 36.8. The van der Waals surface area contributed by atoms with E-state index < -0.39 is 53.7 Å². The summed E-state index contributed by atoms with van der Waals surface area (Å²) in [5.41, 5.74) is 6.98. The quantitative estimate of drug-likeness (QED) is 0.0904. The van der Waals surface area contributed by atoms with E-state index in [9.17, 15) is 23.9 Å². The van der Waals surface area contributed by atoms with Crippen LogP contribution in [0.5, 0.6) is 5.75 Å². The fourth-order valence-electron chi connectivity index (χ4n) is 8.25. The first kappa shape index (κ1) is 51.2. The van der Waals surface area contributed by atoms with E-state index >= 15 is 4.39 Å². The van der Waals surface area contributed by atoms with Gasteiger partial charge in [-0.05, 0) is 80.8 Å². The number of nitrogens with one attached hydrogen (secondary N) is 1. The number of ether oxygens (including phenoxy) is 3. The van der Waals surface area contributed by atoms with E-state index in [-0.39, 0.29) is 74.7 Å². The largest absolute Gasteiger partial charge is 1.00 e. The summed E-state index contributed by atoms with van der Waals surface area (Å²) in [4.78, 5) is 40.9. The number of piperazine rings is 1. The summed E-state index contributed by atoms with van der Waals surface area (Å²) in [5, 5.41) is 30.1. The number of carbonyl (C=O) groups excluding carboxylic acids is 1. The summed E-state index contributed by atoms with van der Waals surface area (Å²) in [7, 11) is 0. The molecular weight excluding hydrogens is 905 g/mol. The van der Waals surface area contributed by atoms with Crippen LogP contribution >= 0.6 is 12.4 Å². The molecule has 0 bridgehead atoms. The lowest BCUT2D eigenvalue weighted by molar-refractivity contribution is -0.753. The van der Waals surface area contributed by atoms with Gasteiger partial charge in [0.05, 0.1) is 31.0 Å². The maximum absolute atomic E-state index is 15.4. The number of hydrogen-bond acceptors (Lipinski definition) is 12. The number of aliphatic carboxylic acids is 1. The molecule has 0 saturated carbocycles. The van der Waals surface area contributed by atoms with Gasteiger partial charge in [0.2, 0.25) is 12.6 Å². The summed E-state index contributed by atoms with van der Waals surface area (Å²) in [6, 6.07) is 17.6. The fraction of sp³-hybridized carbons (Fsp3) is 0.455. The van der Waals surface area contributed by atoms with Gasteiger partial charge in [0.15, 0.2) is 0 Å². The Kier molecular flexibility index (Phi) is 17.5. The minimum absolute atomic E-state index is 0. The first-order valence-electron chi connectivity index (χ1n) is 21.4. The van der Waals surface area contributed by atoms with E-state index in [0.29, 0.717) is 24.3 Å². The summed E-state index contributed by atoms with van der Waals surface area (Å²) in [6.45, 7) is 9.01. The van der Waals surface area contributed by atoms with Crippen molar-refractivity contribution in [3.8, 4) is 11.4 Å². The number of hydrogen-bond donors (Lipinski definition) is 4. The van der Waals surface area contributed by atoms with E-state index in [4.69, 9.17) is 25.1 Å². The lowest BCUT2D eigenvalue weighted by Gasteiger charge is -2.37. The summed E-state index contributed by atoms with van der Waals surface area (Å²) in [6.07, 6.45) is 3.20. The molecule has 2 saturated heterocycles. The van der Waals surface area contributed by atoms with Crippen LogP contribution in [0.15, 0.2) is 90.5 Å². The Morgan fingerprint density at radius 2 is 1.64 bits per heavy atom. The van der Waals surface area contributed by atoms with Crippen LogP contribution in [0.1, 0.15) is 57.9 Å². The van der Waals surface area contributed by atoms with E-state index in [1.807, 2.05) is 55.5 Å². The second kappa shape index (κ2) is 22.6. The molecule has 18 nitrogen and oxygen atoms in total. The van der Waals surface area contributed by atoms with Crippen molar-refractivity contribution in [3.63, 3.8) is 0 Å². The maximum atomic E-state index is 15.4. The molecule has 0 aliphatic carbocycles. The summed E-state index contributed by atoms with van der Waals surface area (Å²) < 4.78 is 53.3. The molecular formula is C44H56Cl2F2N10O8. The minimum atomic E-state index is -1.21. The molecule has 2 aromatic heterocycles. The van der Waals surface area contributed by atoms with Gasteiger partial charge in [-0.3, -0.25) is 4.79 Å². The minimum Gasteiger partial charge on any atom is -1.00 e. The van der Waals surface area contributed by atoms with E-state index in [1.165, 1.54) is 43.3 Å². The average Bonchev–Trinajstić information content (AvgIpc) is 4.02. The Morgan fingerprint density at radius 1 is 1.00 bits per heavy atom. The molecule has 0 radical (unpaired) electrons. The number of aliphatic hydroxyl groups is 1. The second-order valence-electron chi connectivity index (χ2n) is 16.3. The number of carboxylic acid groups (broad SMARTS) is 1. The topological polar surface area (TPSA) is 208 Å². The highest BCUT2D eigenvalue weighted by Crippen LogP contribution is 2.42. The molecule has 1 unspecified atom stereocenters. The van der Waals surface area contributed by atoms with Gasteiger partial charge in [-0.2, -0.15) is 9.67 Å². The lowest BCUT2D eigenvalue weighted by Crippen LogP contribution is -3.00. The van der Waals surface area contributed by atoms with Gasteiger partial charge in [-0.25, -0.2) is 27.6 Å². The third-order valence-corrected chi connectivity index (χ3v) is 11.8. The zero-order chi connectivity index (χ0) is 45.5. The van der Waals surface area contributed by atoms with Gasteiger partial charge >= 0.3 is 17.8 Å². The van der Waals surface area contributed by atoms with Crippen molar-refractivity contribution in [1.29, 1.82) is 0 Å². The Bertz CT molecular complexity index is 2430. The molecule has 2 aliphatic heterocycles. The van der Waals surface area contributed by atoms with E-state index in [0.717, 1.165) is 43.6 Å². The van der Waals surface area contributed by atoms with Gasteiger partial charge in [0.25, 0.3) is 6.33 Å². The Balaban J connectivity index is 0.00000408. The fourth-order valence-corrected chi connectivity index (χ4v) is 8.25. The third kappa shape index (κ3) is 12.0. The molecule has 22 heteroatoms. The molecule has 5 N–H and O–H groups in total. The number of anilines is 2. The highest BCUT2D eigenvalue weighted by molar-refractivity contribution is 5.85. The predicted octanol–water partition coefficient (Wildman–Crippen LogP) is 0.938. The van der Waals surface area contributed by atoms with Crippen molar-refractivity contribution in [2.24, 2.45) is 11.7 Å². The first-order chi connectivity index (χ1) is 30.7. The van der Waals surface area contributed by atoms with E-state index in [1.54, 1.807) is 20.2 Å². The number of nitrogens with zero attached hydrogens (tertiary/aromatic N) is 8. The van der Waals surface area contributed by atoms with Crippen molar-refractivity contribution in [3.05, 3.63) is 113 Å². The lowest BCUT2D eigenvalue weighted by atomic mass is 9.87. The van der Waals surface area contributed by atoms with Crippen LogP contribution in [0.25, 0.3) is 5.69 Å². The molecule has 0 spiro atoms. The number of carboxylic acids is 1. The third-order valence-electron chi connectivity index (χ3n) is 11.8. The number of aromatic nitrogens is 6. The standard InChI is InChI=1S/C44H54F2N10O8.2ClH/c1-4-40(29(2)57)56-43(61)55(27-50-56)35-8-6-33(7-9-35)51-17-19-52(20-18-51)34-10-12-36(13-11-34)62-23-31-22-44(63-24-31,37-14-5-32(45)21-38(37)46)25-54-28-53(26-49-54)30(3)64-42(60)48-16-15-39(47)41(58)59;;/h5-14,21,26-31,39-40,57H,4,15-20,22-25,47H2,1-3H3,(H-,48,58,59,60);2*1H/t29-,30?,31+,39-,40-,44-;;/m0../s1. The molecule has 358 valence electrons. The van der Waals surface area contributed by atoms with Gasteiger partial charge in [0, 0.05) is 73.7 Å². The smallest absolute Gasteiger partial charge is 0.410 e. The molecule has 7 rings (SSSR count). The first-order valence-corrected chi connectivity index (χ1v) is 21.4. The number of rotatable bonds is 18. The summed E-state index contributed by atoms with van der Waals surface area (Å²) in [5.74, 6) is -2.10. The number of aliphatic hydroxyl groups excluding tert-OH is 1. The monoisotopic (exact) mass is 960 g/mol. The molecule has 4 heterocycles. The normalized spacial score (nSPS) is 18.9. The van der Waals surface area contributed by atoms with Crippen molar-refractivity contribution in [1.82, 2.24) is 29.4 Å². The van der Waals surface area contributed by atoms with Crippen molar-refractivity contribution in [2.75, 3.05) is 55.7 Å². The van der Waals surface area contributed by atoms with Gasteiger partial charge in [-0.15, -0.1) is 17.1 Å². The second-order valence-corrected chi connectivity index (χ2v) is 16.3.